The molecule has 0 aliphatic rings. The van der Waals surface area contributed by atoms with Gasteiger partial charge >= 0.3 is 12.1 Å². The van der Waals surface area contributed by atoms with Crippen molar-refractivity contribution in [3.8, 4) is 5.75 Å². The van der Waals surface area contributed by atoms with Gasteiger partial charge in [-0.05, 0) is 35.9 Å². The van der Waals surface area contributed by atoms with Crippen molar-refractivity contribution in [3.05, 3.63) is 65.2 Å². The van der Waals surface area contributed by atoms with Crippen molar-refractivity contribution in [2.45, 2.75) is 12.8 Å². The molecule has 0 aliphatic heterocycles. The van der Waals surface area contributed by atoms with Crippen LogP contribution in [0, 0.1) is 0 Å². The van der Waals surface area contributed by atoms with Gasteiger partial charge in [0, 0.05) is 0 Å². The molecule has 0 fully saturated rings. The number of carbonyl (C=O) groups excluding carboxylic acids is 1. The van der Waals surface area contributed by atoms with E-state index in [4.69, 9.17) is 4.74 Å². The number of hydrogen-bond donors (Lipinski definition) is 0. The summed E-state index contributed by atoms with van der Waals surface area (Å²) in [6, 6.07) is 11.1. The van der Waals surface area contributed by atoms with Crippen molar-refractivity contribution in [1.29, 1.82) is 0 Å². The third-order valence-corrected chi connectivity index (χ3v) is 2.91. The molecule has 0 bridgehead atoms. The van der Waals surface area contributed by atoms with Crippen molar-refractivity contribution < 1.29 is 27.4 Å². The van der Waals surface area contributed by atoms with Crippen LogP contribution in [0.25, 0.3) is 0 Å². The van der Waals surface area contributed by atoms with E-state index in [1.165, 1.54) is 19.2 Å². The lowest BCUT2D eigenvalue weighted by Gasteiger charge is -2.10. The Morgan fingerprint density at radius 1 is 1.09 bits per heavy atom. The highest BCUT2D eigenvalue weighted by molar-refractivity contribution is 5.89. The first-order valence-corrected chi connectivity index (χ1v) is 6.37. The molecule has 0 saturated carbocycles. The van der Waals surface area contributed by atoms with Gasteiger partial charge in [-0.1, -0.05) is 18.2 Å². The maximum Gasteiger partial charge on any atom is 0.416 e. The van der Waals surface area contributed by atoms with Crippen molar-refractivity contribution in [3.63, 3.8) is 0 Å². The van der Waals surface area contributed by atoms with Gasteiger partial charge in [-0.2, -0.15) is 13.2 Å². The minimum atomic E-state index is -4.39. The minimum absolute atomic E-state index is 0.0332. The average Bonchev–Trinajstić information content (AvgIpc) is 2.52. The third kappa shape index (κ3) is 4.00. The van der Waals surface area contributed by atoms with Crippen molar-refractivity contribution in [1.82, 2.24) is 0 Å². The highest BCUT2D eigenvalue weighted by Gasteiger charge is 2.30. The van der Waals surface area contributed by atoms with Gasteiger partial charge in [-0.15, -0.1) is 0 Å². The Bertz CT molecular complexity index is 666. The molecule has 0 radical (unpaired) electrons. The quantitative estimate of drug-likeness (QED) is 0.799. The zero-order chi connectivity index (χ0) is 16.2. The van der Waals surface area contributed by atoms with Crippen LogP contribution in [0.3, 0.4) is 0 Å². The van der Waals surface area contributed by atoms with E-state index in [0.29, 0.717) is 16.9 Å². The number of hydrogen-bond acceptors (Lipinski definition) is 3. The van der Waals surface area contributed by atoms with Gasteiger partial charge in [0.1, 0.15) is 12.4 Å². The molecule has 0 heterocycles. The van der Waals surface area contributed by atoms with E-state index < -0.39 is 17.7 Å². The van der Waals surface area contributed by atoms with E-state index in [2.05, 4.69) is 4.74 Å². The molecule has 2 rings (SSSR count). The molecular formula is C16H13F3O3. The first kappa shape index (κ1) is 15.9. The zero-order valence-electron chi connectivity index (χ0n) is 11.7. The molecule has 2 aromatic rings. The fourth-order valence-corrected chi connectivity index (χ4v) is 1.83. The van der Waals surface area contributed by atoms with Gasteiger partial charge in [0.15, 0.2) is 0 Å². The first-order valence-electron chi connectivity index (χ1n) is 6.37. The molecule has 0 unspecified atom stereocenters. The molecule has 0 amide bonds. The van der Waals surface area contributed by atoms with Gasteiger partial charge in [-0.25, -0.2) is 4.79 Å². The molecular weight excluding hydrogens is 297 g/mol. The molecule has 0 saturated heterocycles. The Labute approximate surface area is 125 Å². The Kier molecular flexibility index (Phi) is 4.70. The maximum absolute atomic E-state index is 12.6. The first-order chi connectivity index (χ1) is 10.4. The summed E-state index contributed by atoms with van der Waals surface area (Å²) in [5, 5.41) is 0. The molecule has 0 spiro atoms. The van der Waals surface area contributed by atoms with Crippen LogP contribution in [0.5, 0.6) is 5.75 Å². The monoisotopic (exact) mass is 310 g/mol. The SMILES string of the molecule is COC(=O)c1cccc(OCc2cccc(C(F)(F)F)c2)c1. The van der Waals surface area contributed by atoms with Gasteiger partial charge in [0.25, 0.3) is 0 Å². The molecule has 6 heteroatoms. The Morgan fingerprint density at radius 2 is 1.82 bits per heavy atom. The summed E-state index contributed by atoms with van der Waals surface area (Å²) in [6.45, 7) is -0.0332. The number of carbonyl (C=O) groups is 1. The smallest absolute Gasteiger partial charge is 0.416 e. The van der Waals surface area contributed by atoms with E-state index in [1.54, 1.807) is 24.3 Å². The summed E-state index contributed by atoms with van der Waals surface area (Å²) in [6.07, 6.45) is -4.39. The summed E-state index contributed by atoms with van der Waals surface area (Å²) >= 11 is 0. The predicted octanol–water partition coefficient (Wildman–Crippen LogP) is 4.07. The number of esters is 1. The second kappa shape index (κ2) is 6.51. The van der Waals surface area contributed by atoms with E-state index in [0.717, 1.165) is 12.1 Å². The zero-order valence-corrected chi connectivity index (χ0v) is 11.7. The van der Waals surface area contributed by atoms with Crippen LogP contribution < -0.4 is 4.74 Å². The van der Waals surface area contributed by atoms with Gasteiger partial charge in [-0.3, -0.25) is 0 Å². The maximum atomic E-state index is 12.6. The van der Waals surface area contributed by atoms with Crippen molar-refractivity contribution in [2.24, 2.45) is 0 Å². The summed E-state index contributed by atoms with van der Waals surface area (Å²) in [4.78, 5) is 11.4. The Balaban J connectivity index is 2.09. The fourth-order valence-electron chi connectivity index (χ4n) is 1.83. The summed E-state index contributed by atoms with van der Waals surface area (Å²) < 4.78 is 47.9. The summed E-state index contributed by atoms with van der Waals surface area (Å²) in [7, 11) is 1.26. The van der Waals surface area contributed by atoms with E-state index in [1.807, 2.05) is 0 Å². The van der Waals surface area contributed by atoms with Crippen LogP contribution in [0.1, 0.15) is 21.5 Å². The second-order valence-electron chi connectivity index (χ2n) is 4.51. The second-order valence-corrected chi connectivity index (χ2v) is 4.51. The number of benzene rings is 2. The average molecular weight is 310 g/mol. The summed E-state index contributed by atoms with van der Waals surface area (Å²) in [5.41, 5.74) is -0.0285. The lowest BCUT2D eigenvalue weighted by Crippen LogP contribution is -2.06. The topological polar surface area (TPSA) is 35.5 Å². The lowest BCUT2D eigenvalue weighted by molar-refractivity contribution is -0.137. The van der Waals surface area contributed by atoms with Crippen LogP contribution in [-0.4, -0.2) is 13.1 Å². The number of rotatable bonds is 4. The highest BCUT2D eigenvalue weighted by Crippen LogP contribution is 2.29. The van der Waals surface area contributed by atoms with Crippen LogP contribution in [0.2, 0.25) is 0 Å². The standard InChI is InChI=1S/C16H13F3O3/c1-21-15(20)12-5-3-7-14(9-12)22-10-11-4-2-6-13(8-11)16(17,18)19/h2-9H,10H2,1H3. The lowest BCUT2D eigenvalue weighted by atomic mass is 10.1. The van der Waals surface area contributed by atoms with E-state index in [-0.39, 0.29) is 6.61 Å². The number of ether oxygens (including phenoxy) is 2. The van der Waals surface area contributed by atoms with Crippen molar-refractivity contribution in [2.75, 3.05) is 7.11 Å². The predicted molar refractivity (Wildman–Crippen MR) is 73.6 cm³/mol. The van der Waals surface area contributed by atoms with E-state index >= 15 is 0 Å². The van der Waals surface area contributed by atoms with Crippen molar-refractivity contribution >= 4 is 5.97 Å². The molecule has 0 aliphatic carbocycles. The fraction of sp³-hybridized carbons (Fsp3) is 0.188. The summed E-state index contributed by atoms with van der Waals surface area (Å²) in [5.74, 6) is -0.134. The van der Waals surface area contributed by atoms with Gasteiger partial charge < -0.3 is 9.47 Å². The highest BCUT2D eigenvalue weighted by atomic mass is 19.4. The Morgan fingerprint density at radius 3 is 2.50 bits per heavy atom. The number of methoxy groups -OCH3 is 1. The molecule has 0 N–H and O–H groups in total. The van der Waals surface area contributed by atoms with E-state index in [9.17, 15) is 18.0 Å². The number of alkyl halides is 3. The van der Waals surface area contributed by atoms with Crippen LogP contribution in [-0.2, 0) is 17.5 Å². The molecule has 116 valence electrons. The third-order valence-electron chi connectivity index (χ3n) is 2.91. The molecule has 0 atom stereocenters. The van der Waals surface area contributed by atoms with Crippen LogP contribution in [0.4, 0.5) is 13.2 Å². The normalized spacial score (nSPS) is 11.1. The Hall–Kier alpha value is -2.50. The van der Waals surface area contributed by atoms with Gasteiger partial charge in [0.05, 0.1) is 18.2 Å². The largest absolute Gasteiger partial charge is 0.489 e. The van der Waals surface area contributed by atoms with Crippen LogP contribution >= 0.6 is 0 Å². The molecule has 2 aromatic carbocycles. The molecule has 0 aromatic heterocycles. The number of halogens is 3. The minimum Gasteiger partial charge on any atom is -0.489 e. The van der Waals surface area contributed by atoms with Gasteiger partial charge in [0.2, 0.25) is 0 Å². The molecule has 22 heavy (non-hydrogen) atoms. The van der Waals surface area contributed by atoms with Crippen LogP contribution in [0.15, 0.2) is 48.5 Å². The molecule has 3 nitrogen and oxygen atoms in total.